The van der Waals surface area contributed by atoms with Crippen LogP contribution in [0.1, 0.15) is 34.1 Å². The van der Waals surface area contributed by atoms with Crippen molar-refractivity contribution in [3.8, 4) is 0 Å². The van der Waals surface area contributed by atoms with E-state index in [1.165, 1.54) is 0 Å². The molecule has 0 aromatic carbocycles. The van der Waals surface area contributed by atoms with Gasteiger partial charge in [-0.15, -0.1) is 0 Å². The lowest BCUT2D eigenvalue weighted by atomic mass is 9.90. The maximum Gasteiger partial charge on any atom is 0.362 e. The second-order valence-corrected chi connectivity index (χ2v) is 8.71. The van der Waals surface area contributed by atoms with Crippen molar-refractivity contribution >= 4 is 5.97 Å². The Hall–Kier alpha value is -1.30. The molecule has 3 fully saturated rings. The Labute approximate surface area is 145 Å². The Morgan fingerprint density at radius 1 is 1.17 bits per heavy atom. The van der Waals surface area contributed by atoms with Crippen LogP contribution < -0.4 is 0 Å². The maximum atomic E-state index is 12.4. The molecule has 0 aromatic heterocycles. The number of nitrogens with zero attached hydrogens (tertiary/aromatic N) is 5. The molecule has 1 atom stereocenters. The summed E-state index contributed by atoms with van der Waals surface area (Å²) in [6.07, 6.45) is 0.892. The highest BCUT2D eigenvalue weighted by atomic mass is 16.5. The van der Waals surface area contributed by atoms with E-state index in [1.54, 1.807) is 0 Å². The summed E-state index contributed by atoms with van der Waals surface area (Å²) in [5, 5.41) is 3.64. The van der Waals surface area contributed by atoms with Crippen LogP contribution in [-0.4, -0.2) is 79.9 Å². The van der Waals surface area contributed by atoms with E-state index >= 15 is 0 Å². The normalized spacial score (nSPS) is 30.5. The van der Waals surface area contributed by atoms with Gasteiger partial charge in [0.2, 0.25) is 0 Å². The number of ether oxygens (including phenoxy) is 1. The Kier molecular flexibility index (Phi) is 5.78. The molecule has 0 unspecified atom stereocenters. The summed E-state index contributed by atoms with van der Waals surface area (Å²) in [4.78, 5) is 15.2. The average Bonchev–Trinajstić information content (AvgIpc) is 2.52. The van der Waals surface area contributed by atoms with Crippen LogP contribution in [0.25, 0.3) is 10.4 Å². The largest absolute Gasteiger partial charge is 0.458 e. The number of piperazine rings is 3. The Balaban J connectivity index is 1.83. The van der Waals surface area contributed by atoms with Crippen molar-refractivity contribution in [2.75, 3.05) is 58.9 Å². The van der Waals surface area contributed by atoms with Crippen LogP contribution in [0, 0.1) is 5.41 Å². The van der Waals surface area contributed by atoms with Gasteiger partial charge >= 0.3 is 5.97 Å². The third-order valence-corrected chi connectivity index (χ3v) is 6.09. The predicted octanol–water partition coefficient (Wildman–Crippen LogP) is 2.33. The first-order chi connectivity index (χ1) is 11.2. The van der Waals surface area contributed by atoms with E-state index < -0.39 is 0 Å². The Morgan fingerprint density at radius 2 is 1.71 bits per heavy atom. The highest BCUT2D eigenvalue weighted by molar-refractivity contribution is 5.70. The maximum absolute atomic E-state index is 12.4. The zero-order valence-corrected chi connectivity index (χ0v) is 15.7. The van der Waals surface area contributed by atoms with Gasteiger partial charge in [0, 0.05) is 17.9 Å². The highest BCUT2D eigenvalue weighted by Crippen LogP contribution is 2.28. The van der Waals surface area contributed by atoms with E-state index in [2.05, 4.69) is 30.8 Å². The van der Waals surface area contributed by atoms with Crippen molar-refractivity contribution in [3.63, 3.8) is 0 Å². The van der Waals surface area contributed by atoms with E-state index in [-0.39, 0.29) is 17.5 Å². The summed E-state index contributed by atoms with van der Waals surface area (Å²) < 4.78 is 7.70. The summed E-state index contributed by atoms with van der Waals surface area (Å²) in [5.41, 5.74) is 8.35. The van der Waals surface area contributed by atoms with Crippen LogP contribution in [0.5, 0.6) is 0 Å². The van der Waals surface area contributed by atoms with Crippen molar-refractivity contribution in [3.05, 3.63) is 10.4 Å². The summed E-state index contributed by atoms with van der Waals surface area (Å²) in [5.74, 6) is -0.0531. The molecule has 7 heteroatoms. The minimum atomic E-state index is -0.0617. The van der Waals surface area contributed by atoms with Gasteiger partial charge in [0.1, 0.15) is 45.4 Å². The molecule has 3 aliphatic rings. The highest BCUT2D eigenvalue weighted by Gasteiger charge is 2.49. The van der Waals surface area contributed by atoms with Crippen molar-refractivity contribution < 1.29 is 18.5 Å². The summed E-state index contributed by atoms with van der Waals surface area (Å²) >= 11 is 0. The molecule has 0 spiro atoms. The molecule has 0 aliphatic carbocycles. The number of quaternary nitrogens is 2. The Bertz CT molecular complexity index is 483. The minimum Gasteiger partial charge on any atom is -0.458 e. The van der Waals surface area contributed by atoms with Crippen LogP contribution in [-0.2, 0) is 9.53 Å². The third-order valence-electron chi connectivity index (χ3n) is 6.09. The molecule has 0 saturated carbocycles. The smallest absolute Gasteiger partial charge is 0.362 e. The van der Waals surface area contributed by atoms with Gasteiger partial charge in [-0.25, -0.2) is 4.79 Å². The fourth-order valence-electron chi connectivity index (χ4n) is 3.72. The zero-order valence-electron chi connectivity index (χ0n) is 15.7. The van der Waals surface area contributed by atoms with Gasteiger partial charge in [-0.1, -0.05) is 25.9 Å². The first-order valence-corrected chi connectivity index (χ1v) is 9.11. The number of hydrogen-bond donors (Lipinski definition) is 0. The second kappa shape index (κ2) is 7.30. The molecule has 3 aliphatic heterocycles. The molecule has 0 amide bonds. The van der Waals surface area contributed by atoms with Gasteiger partial charge < -0.3 is 13.7 Å². The number of fused-ring (bicyclic) bond motifs is 3. The van der Waals surface area contributed by atoms with Gasteiger partial charge in [0.25, 0.3) is 0 Å². The lowest BCUT2D eigenvalue weighted by molar-refractivity contribution is -1.08. The lowest BCUT2D eigenvalue weighted by Crippen LogP contribution is -2.75. The van der Waals surface area contributed by atoms with Crippen LogP contribution in [0.4, 0.5) is 0 Å². The number of carbonyl (C=O) groups is 1. The molecule has 0 radical (unpaired) electrons. The molecular formula is C17H33N5O2+2. The molecule has 7 nitrogen and oxygen atoms in total. The monoisotopic (exact) mass is 339 g/mol. The number of hydrogen-bond acceptors (Lipinski definition) is 3. The summed E-state index contributed by atoms with van der Waals surface area (Å²) in [7, 11) is 0. The van der Waals surface area contributed by atoms with Crippen molar-refractivity contribution in [2.24, 2.45) is 10.5 Å². The van der Waals surface area contributed by atoms with E-state index in [0.29, 0.717) is 13.1 Å². The second-order valence-electron chi connectivity index (χ2n) is 8.71. The van der Waals surface area contributed by atoms with E-state index in [4.69, 9.17) is 10.3 Å². The van der Waals surface area contributed by atoms with E-state index in [9.17, 15) is 4.79 Å². The fourth-order valence-corrected chi connectivity index (χ4v) is 3.72. The molecule has 24 heavy (non-hydrogen) atoms. The van der Waals surface area contributed by atoms with E-state index in [0.717, 1.165) is 61.2 Å². The molecule has 2 bridgehead atoms. The quantitative estimate of drug-likeness (QED) is 0.178. The standard InChI is InChI=1S/C17H33N5O2/c1-15(17(2,3)4)24-16(23)14-22-11-8-21(9-12-22,10-13-22)7-5-6-19-20-18/h15H,5-14H2,1-4H3/q+2/t15-,21?,22?/m1/s1. The molecule has 136 valence electrons. The van der Waals surface area contributed by atoms with Crippen molar-refractivity contribution in [2.45, 2.75) is 40.2 Å². The van der Waals surface area contributed by atoms with Gasteiger partial charge in [-0.05, 0) is 17.9 Å². The minimum absolute atomic E-state index is 0.0165. The number of azide groups is 1. The zero-order chi connectivity index (χ0) is 17.8. The van der Waals surface area contributed by atoms with Crippen molar-refractivity contribution in [1.82, 2.24) is 0 Å². The SMILES string of the molecule is C[C@@H](OC(=O)C[N+]12CC[N+](CCCN=[N+]=[N-])(CC1)CC2)C(C)(C)C. The first kappa shape index (κ1) is 19.0. The van der Waals surface area contributed by atoms with E-state index in [1.807, 2.05) is 6.92 Å². The van der Waals surface area contributed by atoms with Crippen molar-refractivity contribution in [1.29, 1.82) is 0 Å². The van der Waals surface area contributed by atoms with Crippen LogP contribution in [0.15, 0.2) is 5.11 Å². The fraction of sp³-hybridized carbons (Fsp3) is 0.941. The average molecular weight is 339 g/mol. The van der Waals surface area contributed by atoms with Crippen LogP contribution in [0.2, 0.25) is 0 Å². The van der Waals surface area contributed by atoms with Crippen LogP contribution >= 0.6 is 0 Å². The topological polar surface area (TPSA) is 75.1 Å². The van der Waals surface area contributed by atoms with Crippen LogP contribution in [0.3, 0.4) is 0 Å². The molecule has 3 heterocycles. The Morgan fingerprint density at radius 3 is 2.21 bits per heavy atom. The molecule has 0 aromatic rings. The first-order valence-electron chi connectivity index (χ1n) is 9.11. The summed E-state index contributed by atoms with van der Waals surface area (Å²) in [6, 6.07) is 0. The molecular weight excluding hydrogens is 306 g/mol. The summed E-state index contributed by atoms with van der Waals surface area (Å²) in [6.45, 7) is 17.0. The number of carbonyl (C=O) groups excluding carboxylic acids is 1. The van der Waals surface area contributed by atoms with Gasteiger partial charge in [0.15, 0.2) is 6.54 Å². The predicted molar refractivity (Wildman–Crippen MR) is 93.1 cm³/mol. The molecule has 0 N–H and O–H groups in total. The molecule has 3 saturated heterocycles. The lowest BCUT2D eigenvalue weighted by Gasteiger charge is -2.55. The van der Waals surface area contributed by atoms with Gasteiger partial charge in [0.05, 0.1) is 6.54 Å². The number of esters is 1. The molecule has 3 rings (SSSR count). The van der Waals surface area contributed by atoms with Gasteiger partial charge in [-0.2, -0.15) is 0 Å². The van der Waals surface area contributed by atoms with Gasteiger partial charge in [-0.3, -0.25) is 0 Å². The number of rotatable bonds is 7. The third kappa shape index (κ3) is 4.62.